The third kappa shape index (κ3) is 3.62. The maximum Gasteiger partial charge on any atom is 0.0131 e. The lowest BCUT2D eigenvalue weighted by molar-refractivity contribution is 0.446. The van der Waals surface area contributed by atoms with Crippen LogP contribution in [0.2, 0.25) is 0 Å². The quantitative estimate of drug-likeness (QED) is 0.805. The predicted octanol–water partition coefficient (Wildman–Crippen LogP) is 3.72. The number of aryl methyl sites for hydroxylation is 1. The molecule has 0 radical (unpaired) electrons. The van der Waals surface area contributed by atoms with E-state index in [4.69, 9.17) is 0 Å². The molecule has 0 atom stereocenters. The summed E-state index contributed by atoms with van der Waals surface area (Å²) in [7, 11) is 0. The second-order valence-corrected chi connectivity index (χ2v) is 6.09. The highest BCUT2D eigenvalue weighted by molar-refractivity contribution is 7.10. The first-order valence-electron chi connectivity index (χ1n) is 5.71. The van der Waals surface area contributed by atoms with E-state index in [0.717, 1.165) is 6.54 Å². The summed E-state index contributed by atoms with van der Waals surface area (Å²) < 4.78 is 0. The maximum atomic E-state index is 3.49. The van der Waals surface area contributed by atoms with Gasteiger partial charge in [0.25, 0.3) is 0 Å². The molecule has 0 spiro atoms. The fraction of sp³-hybridized carbons (Fsp3) is 0.692. The Bertz CT molecular complexity index is 299. The van der Waals surface area contributed by atoms with Crippen LogP contribution in [0.15, 0.2) is 11.4 Å². The number of rotatable bonds is 5. The van der Waals surface area contributed by atoms with Gasteiger partial charge in [0.05, 0.1) is 0 Å². The molecule has 1 nitrogen and oxygen atoms in total. The van der Waals surface area contributed by atoms with Gasteiger partial charge in [0.15, 0.2) is 0 Å². The molecular weight excluding hydrogens is 202 g/mol. The molecule has 0 bridgehead atoms. The Labute approximate surface area is 97.9 Å². The number of nitrogens with one attached hydrogen (secondary N) is 1. The summed E-state index contributed by atoms with van der Waals surface area (Å²) in [6.45, 7) is 12.4. The van der Waals surface area contributed by atoms with Crippen molar-refractivity contribution in [3.05, 3.63) is 21.9 Å². The third-order valence-electron chi connectivity index (χ3n) is 2.78. The Hall–Kier alpha value is -0.340. The van der Waals surface area contributed by atoms with Crippen LogP contribution >= 0.6 is 11.3 Å². The smallest absolute Gasteiger partial charge is 0.0131 e. The Morgan fingerprint density at radius 3 is 2.53 bits per heavy atom. The van der Waals surface area contributed by atoms with Gasteiger partial charge in [0.1, 0.15) is 0 Å². The van der Waals surface area contributed by atoms with E-state index >= 15 is 0 Å². The van der Waals surface area contributed by atoms with Gasteiger partial charge in [-0.2, -0.15) is 0 Å². The maximum absolute atomic E-state index is 3.49. The largest absolute Gasteiger partial charge is 0.315 e. The van der Waals surface area contributed by atoms with Crippen LogP contribution in [-0.4, -0.2) is 12.6 Å². The van der Waals surface area contributed by atoms with Crippen molar-refractivity contribution in [1.29, 1.82) is 0 Å². The van der Waals surface area contributed by atoms with Crippen molar-refractivity contribution in [3.8, 4) is 0 Å². The van der Waals surface area contributed by atoms with Gasteiger partial charge < -0.3 is 5.32 Å². The van der Waals surface area contributed by atoms with Gasteiger partial charge >= 0.3 is 0 Å². The summed E-state index contributed by atoms with van der Waals surface area (Å²) >= 11 is 1.89. The van der Waals surface area contributed by atoms with E-state index in [0.29, 0.717) is 11.5 Å². The van der Waals surface area contributed by atoms with Gasteiger partial charge in [0, 0.05) is 16.3 Å². The highest BCUT2D eigenvalue weighted by atomic mass is 32.1. The van der Waals surface area contributed by atoms with Crippen molar-refractivity contribution in [3.63, 3.8) is 0 Å². The summed E-state index contributed by atoms with van der Waals surface area (Å²) in [5.41, 5.74) is 1.75. The molecular formula is C13H23NS. The van der Waals surface area contributed by atoms with Crippen molar-refractivity contribution in [1.82, 2.24) is 5.32 Å². The van der Waals surface area contributed by atoms with E-state index in [1.54, 1.807) is 0 Å². The van der Waals surface area contributed by atoms with Crippen molar-refractivity contribution in [2.24, 2.45) is 0 Å². The molecule has 1 rings (SSSR count). The van der Waals surface area contributed by atoms with Gasteiger partial charge in [0.2, 0.25) is 0 Å². The molecule has 0 amide bonds. The average Bonchev–Trinajstić information content (AvgIpc) is 2.50. The minimum atomic E-state index is 0.306. The molecule has 86 valence electrons. The Morgan fingerprint density at radius 2 is 2.07 bits per heavy atom. The Kier molecular flexibility index (Phi) is 4.35. The van der Waals surface area contributed by atoms with Crippen molar-refractivity contribution < 1.29 is 0 Å². The minimum Gasteiger partial charge on any atom is -0.315 e. The molecule has 15 heavy (non-hydrogen) atoms. The monoisotopic (exact) mass is 225 g/mol. The molecule has 0 fully saturated rings. The fourth-order valence-corrected chi connectivity index (χ4v) is 2.94. The first-order chi connectivity index (χ1) is 6.93. The van der Waals surface area contributed by atoms with Crippen LogP contribution in [0.1, 0.15) is 44.6 Å². The summed E-state index contributed by atoms with van der Waals surface area (Å²) in [6.07, 6.45) is 1.20. The lowest BCUT2D eigenvalue weighted by atomic mass is 9.86. The van der Waals surface area contributed by atoms with Crippen LogP contribution in [0.25, 0.3) is 0 Å². The molecule has 0 unspecified atom stereocenters. The number of thiophene rings is 1. The lowest BCUT2D eigenvalue weighted by Gasteiger charge is -2.25. The predicted molar refractivity (Wildman–Crippen MR) is 69.8 cm³/mol. The first kappa shape index (κ1) is 12.7. The molecule has 1 aromatic heterocycles. The number of hydrogen-bond donors (Lipinski definition) is 1. The van der Waals surface area contributed by atoms with Gasteiger partial charge in [-0.05, 0) is 36.9 Å². The normalized spacial score (nSPS) is 12.4. The lowest BCUT2D eigenvalue weighted by Crippen LogP contribution is -2.29. The van der Waals surface area contributed by atoms with Gasteiger partial charge in [-0.15, -0.1) is 11.3 Å². The second kappa shape index (κ2) is 5.13. The summed E-state index contributed by atoms with van der Waals surface area (Å²) in [5, 5.41) is 5.68. The van der Waals surface area contributed by atoms with E-state index < -0.39 is 0 Å². The van der Waals surface area contributed by atoms with E-state index in [1.165, 1.54) is 16.9 Å². The van der Waals surface area contributed by atoms with Crippen molar-refractivity contribution in [2.75, 3.05) is 6.54 Å². The zero-order valence-electron chi connectivity index (χ0n) is 10.6. The summed E-state index contributed by atoms with van der Waals surface area (Å²) in [5.74, 6) is 0. The fourth-order valence-electron chi connectivity index (χ4n) is 1.85. The zero-order chi connectivity index (χ0) is 11.5. The highest BCUT2D eigenvalue weighted by Gasteiger charge is 2.23. The number of hydrogen-bond acceptors (Lipinski definition) is 2. The zero-order valence-corrected chi connectivity index (χ0v) is 11.4. The third-order valence-corrected chi connectivity index (χ3v) is 4.16. The molecule has 0 aromatic carbocycles. The van der Waals surface area contributed by atoms with E-state index in [-0.39, 0.29) is 0 Å². The molecule has 0 aliphatic rings. The van der Waals surface area contributed by atoms with Crippen molar-refractivity contribution >= 4 is 11.3 Å². The van der Waals surface area contributed by atoms with Gasteiger partial charge in [-0.25, -0.2) is 0 Å². The standard InChI is InChI=1S/C13H23NS/c1-10(2)14-8-7-13(4,5)12-11(3)6-9-15-12/h6,9-10,14H,7-8H2,1-5H3. The highest BCUT2D eigenvalue weighted by Crippen LogP contribution is 2.33. The molecule has 0 aliphatic carbocycles. The van der Waals surface area contributed by atoms with E-state index in [9.17, 15) is 0 Å². The van der Waals surface area contributed by atoms with Gasteiger partial charge in [-0.3, -0.25) is 0 Å². The van der Waals surface area contributed by atoms with Crippen LogP contribution in [0, 0.1) is 6.92 Å². The molecule has 0 saturated carbocycles. The molecule has 1 heterocycles. The van der Waals surface area contributed by atoms with Crippen LogP contribution in [0.3, 0.4) is 0 Å². The molecule has 0 aliphatic heterocycles. The SMILES string of the molecule is Cc1ccsc1C(C)(C)CCNC(C)C. The topological polar surface area (TPSA) is 12.0 Å². The molecule has 0 saturated heterocycles. The Balaban J connectivity index is 2.56. The van der Waals surface area contributed by atoms with Crippen LogP contribution in [-0.2, 0) is 5.41 Å². The Morgan fingerprint density at radius 1 is 1.40 bits per heavy atom. The van der Waals surface area contributed by atoms with Crippen LogP contribution in [0.4, 0.5) is 0 Å². The van der Waals surface area contributed by atoms with Crippen molar-refractivity contribution in [2.45, 2.75) is 52.5 Å². The second-order valence-electron chi connectivity index (χ2n) is 5.18. The van der Waals surface area contributed by atoms with Gasteiger partial charge in [-0.1, -0.05) is 27.7 Å². The molecule has 1 N–H and O–H groups in total. The summed E-state index contributed by atoms with van der Waals surface area (Å²) in [4.78, 5) is 1.54. The molecule has 1 aromatic rings. The van der Waals surface area contributed by atoms with E-state index in [1.807, 2.05) is 11.3 Å². The average molecular weight is 225 g/mol. The van der Waals surface area contributed by atoms with Crippen LogP contribution in [0.5, 0.6) is 0 Å². The molecule has 2 heteroatoms. The summed E-state index contributed by atoms with van der Waals surface area (Å²) in [6, 6.07) is 2.81. The first-order valence-corrected chi connectivity index (χ1v) is 6.59. The van der Waals surface area contributed by atoms with Crippen LogP contribution < -0.4 is 5.32 Å². The van der Waals surface area contributed by atoms with E-state index in [2.05, 4.69) is 51.4 Å². The minimum absolute atomic E-state index is 0.306.